The minimum absolute atomic E-state index is 0.613. The molecule has 3 nitrogen and oxygen atoms in total. The fraction of sp³-hybridized carbons (Fsp3) is 0. The highest BCUT2D eigenvalue weighted by molar-refractivity contribution is 6.30. The van der Waals surface area contributed by atoms with Crippen LogP contribution >= 0.6 is 11.6 Å². The van der Waals surface area contributed by atoms with Gasteiger partial charge in [0.15, 0.2) is 0 Å². The van der Waals surface area contributed by atoms with E-state index in [4.69, 9.17) is 17.3 Å². The Morgan fingerprint density at radius 2 is 2.23 bits per heavy atom. The Morgan fingerprint density at radius 1 is 1.38 bits per heavy atom. The van der Waals surface area contributed by atoms with Gasteiger partial charge in [-0.3, -0.25) is 0 Å². The van der Waals surface area contributed by atoms with Crippen molar-refractivity contribution in [2.75, 3.05) is 5.73 Å². The van der Waals surface area contributed by atoms with E-state index in [1.807, 2.05) is 24.3 Å². The fourth-order valence-corrected chi connectivity index (χ4v) is 1.25. The molecule has 0 saturated carbocycles. The van der Waals surface area contributed by atoms with Crippen molar-refractivity contribution in [3.05, 3.63) is 41.7 Å². The summed E-state index contributed by atoms with van der Waals surface area (Å²) in [5, 5.41) is 4.67. The molecule has 0 aliphatic heterocycles. The molecule has 13 heavy (non-hydrogen) atoms. The maximum Gasteiger partial charge on any atom is 0.0790 e. The molecule has 1 aromatic heterocycles. The van der Waals surface area contributed by atoms with Crippen LogP contribution in [0.4, 0.5) is 5.69 Å². The second-order valence-electron chi connectivity index (χ2n) is 2.70. The van der Waals surface area contributed by atoms with Crippen molar-refractivity contribution in [3.8, 4) is 5.69 Å². The van der Waals surface area contributed by atoms with Crippen LogP contribution < -0.4 is 5.73 Å². The molecule has 2 rings (SSSR count). The van der Waals surface area contributed by atoms with Gasteiger partial charge >= 0.3 is 0 Å². The van der Waals surface area contributed by atoms with Crippen molar-refractivity contribution in [1.82, 2.24) is 9.78 Å². The number of benzene rings is 1. The molecule has 0 aliphatic rings. The molecule has 0 saturated heterocycles. The molecule has 0 fully saturated rings. The monoisotopic (exact) mass is 193 g/mol. The number of nitrogens with zero attached hydrogens (tertiary/aromatic N) is 2. The summed E-state index contributed by atoms with van der Waals surface area (Å²) in [6.45, 7) is 0. The van der Waals surface area contributed by atoms with Crippen LogP contribution in [-0.4, -0.2) is 9.78 Å². The summed E-state index contributed by atoms with van der Waals surface area (Å²) in [6, 6.07) is 7.46. The maximum absolute atomic E-state index is 5.74. The first kappa shape index (κ1) is 8.13. The van der Waals surface area contributed by atoms with Crippen molar-refractivity contribution in [2.45, 2.75) is 0 Å². The minimum atomic E-state index is 0.613. The number of hydrogen-bond donors (Lipinski definition) is 1. The molecule has 2 N–H and O–H groups in total. The molecule has 0 unspecified atom stereocenters. The van der Waals surface area contributed by atoms with Gasteiger partial charge in [-0.1, -0.05) is 17.7 Å². The SMILES string of the molecule is Nc1cccc(-n2cc(Cl)cn2)c1. The van der Waals surface area contributed by atoms with Crippen LogP contribution in [0.5, 0.6) is 0 Å². The zero-order valence-electron chi connectivity index (χ0n) is 6.81. The van der Waals surface area contributed by atoms with Crippen LogP contribution in [0.1, 0.15) is 0 Å². The lowest BCUT2D eigenvalue weighted by molar-refractivity contribution is 0.881. The Hall–Kier alpha value is -1.48. The standard InChI is InChI=1S/C9H8ClN3/c10-7-5-12-13(6-7)9-3-1-2-8(11)4-9/h1-6H,11H2. The van der Waals surface area contributed by atoms with Gasteiger partial charge < -0.3 is 5.73 Å². The third-order valence-corrected chi connectivity index (χ3v) is 1.88. The van der Waals surface area contributed by atoms with Crippen LogP contribution in [0.25, 0.3) is 5.69 Å². The highest BCUT2D eigenvalue weighted by atomic mass is 35.5. The van der Waals surface area contributed by atoms with Crippen molar-refractivity contribution in [1.29, 1.82) is 0 Å². The molecule has 0 amide bonds. The Labute approximate surface area is 80.7 Å². The largest absolute Gasteiger partial charge is 0.399 e. The maximum atomic E-state index is 5.74. The second kappa shape index (κ2) is 3.11. The van der Waals surface area contributed by atoms with Gasteiger partial charge in [0.05, 0.1) is 16.9 Å². The zero-order chi connectivity index (χ0) is 9.26. The van der Waals surface area contributed by atoms with Crippen molar-refractivity contribution in [2.24, 2.45) is 0 Å². The van der Waals surface area contributed by atoms with Gasteiger partial charge in [0.2, 0.25) is 0 Å². The van der Waals surface area contributed by atoms with Crippen molar-refractivity contribution >= 4 is 17.3 Å². The van der Waals surface area contributed by atoms with E-state index in [9.17, 15) is 0 Å². The molecule has 4 heteroatoms. The minimum Gasteiger partial charge on any atom is -0.399 e. The van der Waals surface area contributed by atoms with E-state index in [0.717, 1.165) is 5.69 Å². The van der Waals surface area contributed by atoms with Crippen molar-refractivity contribution in [3.63, 3.8) is 0 Å². The average molecular weight is 194 g/mol. The van der Waals surface area contributed by atoms with Crippen LogP contribution in [0.3, 0.4) is 0 Å². The van der Waals surface area contributed by atoms with Crippen LogP contribution in [0, 0.1) is 0 Å². The van der Waals surface area contributed by atoms with Gasteiger partial charge in [-0.15, -0.1) is 0 Å². The number of nitrogen functional groups attached to an aromatic ring is 1. The van der Waals surface area contributed by atoms with Gasteiger partial charge in [-0.2, -0.15) is 5.10 Å². The first-order valence-electron chi connectivity index (χ1n) is 3.82. The Morgan fingerprint density at radius 3 is 2.85 bits per heavy atom. The average Bonchev–Trinajstić information content (AvgIpc) is 2.52. The van der Waals surface area contributed by atoms with Crippen LogP contribution in [0.2, 0.25) is 5.02 Å². The van der Waals surface area contributed by atoms with Crippen LogP contribution in [0.15, 0.2) is 36.7 Å². The lowest BCUT2D eigenvalue weighted by Gasteiger charge is -2.00. The molecule has 2 aromatic rings. The van der Waals surface area contributed by atoms with Gasteiger partial charge in [-0.05, 0) is 18.2 Å². The number of hydrogen-bond acceptors (Lipinski definition) is 2. The number of halogens is 1. The van der Waals surface area contributed by atoms with E-state index >= 15 is 0 Å². The fourth-order valence-electron chi connectivity index (χ4n) is 1.11. The summed E-state index contributed by atoms with van der Waals surface area (Å²) in [7, 11) is 0. The summed E-state index contributed by atoms with van der Waals surface area (Å²) in [5.74, 6) is 0. The Kier molecular flexibility index (Phi) is 1.94. The normalized spacial score (nSPS) is 10.2. The lowest BCUT2D eigenvalue weighted by Crippen LogP contribution is -1.95. The van der Waals surface area contributed by atoms with E-state index < -0.39 is 0 Å². The predicted molar refractivity (Wildman–Crippen MR) is 53.0 cm³/mol. The number of rotatable bonds is 1. The molecule has 66 valence electrons. The smallest absolute Gasteiger partial charge is 0.0790 e. The molecule has 0 radical (unpaired) electrons. The number of anilines is 1. The quantitative estimate of drug-likeness (QED) is 0.705. The molecule has 0 aliphatic carbocycles. The topological polar surface area (TPSA) is 43.8 Å². The third kappa shape index (κ3) is 1.65. The Balaban J connectivity index is 2.46. The first-order valence-corrected chi connectivity index (χ1v) is 4.19. The van der Waals surface area contributed by atoms with Gasteiger partial charge in [0.1, 0.15) is 0 Å². The Bertz CT molecular complexity index is 422. The summed E-state index contributed by atoms with van der Waals surface area (Å²) in [6.07, 6.45) is 3.32. The molecule has 0 spiro atoms. The highest BCUT2D eigenvalue weighted by Gasteiger charge is 1.98. The zero-order valence-corrected chi connectivity index (χ0v) is 7.57. The molecule has 0 atom stereocenters. The highest BCUT2D eigenvalue weighted by Crippen LogP contribution is 2.13. The van der Waals surface area contributed by atoms with E-state index in [1.165, 1.54) is 0 Å². The van der Waals surface area contributed by atoms with Gasteiger partial charge in [-0.25, -0.2) is 4.68 Å². The third-order valence-electron chi connectivity index (χ3n) is 1.69. The number of nitrogens with two attached hydrogens (primary N) is 1. The summed E-state index contributed by atoms with van der Waals surface area (Å²) < 4.78 is 1.68. The summed E-state index contributed by atoms with van der Waals surface area (Å²) in [5.41, 5.74) is 7.25. The second-order valence-corrected chi connectivity index (χ2v) is 3.13. The first-order chi connectivity index (χ1) is 6.25. The van der Waals surface area contributed by atoms with E-state index in [2.05, 4.69) is 5.10 Å². The lowest BCUT2D eigenvalue weighted by atomic mass is 10.3. The summed E-state index contributed by atoms with van der Waals surface area (Å²) >= 11 is 5.74. The van der Waals surface area contributed by atoms with E-state index in [1.54, 1.807) is 17.1 Å². The molecular weight excluding hydrogens is 186 g/mol. The summed E-state index contributed by atoms with van der Waals surface area (Å²) in [4.78, 5) is 0. The number of aromatic nitrogens is 2. The van der Waals surface area contributed by atoms with Crippen molar-refractivity contribution < 1.29 is 0 Å². The van der Waals surface area contributed by atoms with E-state index in [-0.39, 0.29) is 0 Å². The molecule has 1 aromatic carbocycles. The van der Waals surface area contributed by atoms with E-state index in [0.29, 0.717) is 10.7 Å². The molecular formula is C9H8ClN3. The predicted octanol–water partition coefficient (Wildman–Crippen LogP) is 2.11. The van der Waals surface area contributed by atoms with Gasteiger partial charge in [0.25, 0.3) is 0 Å². The molecule has 0 bridgehead atoms. The molecule has 1 heterocycles. The van der Waals surface area contributed by atoms with Gasteiger partial charge in [0, 0.05) is 11.9 Å². The van der Waals surface area contributed by atoms with Crippen LogP contribution in [-0.2, 0) is 0 Å².